The lowest BCUT2D eigenvalue weighted by molar-refractivity contribution is 0.0695. The molecule has 7 heteroatoms. The van der Waals surface area contributed by atoms with E-state index in [1.165, 1.54) is 13.2 Å². The van der Waals surface area contributed by atoms with Crippen LogP contribution in [0.25, 0.3) is 0 Å². The van der Waals surface area contributed by atoms with Crippen LogP contribution in [-0.2, 0) is 14.6 Å². The van der Waals surface area contributed by atoms with Crippen LogP contribution in [0.3, 0.4) is 0 Å². The fraction of sp³-hybridized carbons (Fsp3) is 0.417. The first-order valence-electron chi connectivity index (χ1n) is 5.61. The van der Waals surface area contributed by atoms with Crippen molar-refractivity contribution in [3.8, 4) is 0 Å². The Labute approximate surface area is 116 Å². The SMILES string of the molecule is COC1CCS(=O)(=O)c2c(C)cc(C(=O)O)c(Cl)c21. The van der Waals surface area contributed by atoms with E-state index in [4.69, 9.17) is 21.4 Å². The summed E-state index contributed by atoms with van der Waals surface area (Å²) >= 11 is 6.07. The molecule has 1 aromatic carbocycles. The molecule has 1 aliphatic rings. The fourth-order valence-electron chi connectivity index (χ4n) is 2.40. The number of benzene rings is 1. The van der Waals surface area contributed by atoms with Crippen molar-refractivity contribution in [2.75, 3.05) is 12.9 Å². The summed E-state index contributed by atoms with van der Waals surface area (Å²) in [6, 6.07) is 1.29. The molecular formula is C12H13ClO5S. The zero-order chi connectivity index (χ0) is 14.4. The van der Waals surface area contributed by atoms with Crippen LogP contribution in [0.2, 0.25) is 5.02 Å². The van der Waals surface area contributed by atoms with Crippen molar-refractivity contribution in [1.29, 1.82) is 0 Å². The maximum absolute atomic E-state index is 12.1. The average Bonchev–Trinajstić information content (AvgIpc) is 2.32. The van der Waals surface area contributed by atoms with Crippen LogP contribution in [0.4, 0.5) is 0 Å². The third kappa shape index (κ3) is 2.24. The maximum atomic E-state index is 12.1. The number of ether oxygens (including phenoxy) is 1. The molecule has 1 N–H and O–H groups in total. The second-order valence-corrected chi connectivity index (χ2v) is 6.86. The molecule has 1 aliphatic heterocycles. The molecule has 0 bridgehead atoms. The molecule has 0 aromatic heterocycles. The molecular weight excluding hydrogens is 292 g/mol. The number of hydrogen-bond acceptors (Lipinski definition) is 4. The molecule has 19 heavy (non-hydrogen) atoms. The van der Waals surface area contributed by atoms with E-state index < -0.39 is 21.9 Å². The van der Waals surface area contributed by atoms with E-state index in [0.717, 1.165) is 0 Å². The molecule has 0 radical (unpaired) electrons. The predicted molar refractivity (Wildman–Crippen MR) is 69.6 cm³/mol. The van der Waals surface area contributed by atoms with Gasteiger partial charge in [0.25, 0.3) is 0 Å². The Morgan fingerprint density at radius 3 is 2.68 bits per heavy atom. The van der Waals surface area contributed by atoms with E-state index >= 15 is 0 Å². The number of fused-ring (bicyclic) bond motifs is 1. The number of aryl methyl sites for hydroxylation is 1. The standard InChI is InChI=1S/C12H13ClO5S/c1-6-5-7(12(14)15)10(13)9-8(18-2)3-4-19(16,17)11(6)9/h5,8H,3-4H2,1-2H3,(H,14,15). The minimum absolute atomic E-state index is 0.0257. The van der Waals surface area contributed by atoms with Gasteiger partial charge in [0.15, 0.2) is 9.84 Å². The number of carboxylic acids is 1. The first-order valence-corrected chi connectivity index (χ1v) is 7.64. The Bertz CT molecular complexity index is 651. The Morgan fingerprint density at radius 1 is 1.53 bits per heavy atom. The van der Waals surface area contributed by atoms with Gasteiger partial charge in [-0.2, -0.15) is 0 Å². The zero-order valence-electron chi connectivity index (χ0n) is 10.4. The van der Waals surface area contributed by atoms with Crippen molar-refractivity contribution in [1.82, 2.24) is 0 Å². The monoisotopic (exact) mass is 304 g/mol. The van der Waals surface area contributed by atoms with E-state index in [9.17, 15) is 13.2 Å². The van der Waals surface area contributed by atoms with E-state index in [1.807, 2.05) is 0 Å². The van der Waals surface area contributed by atoms with Crippen LogP contribution < -0.4 is 0 Å². The summed E-state index contributed by atoms with van der Waals surface area (Å²) in [6.07, 6.45) is -0.224. The van der Waals surface area contributed by atoms with Crippen LogP contribution >= 0.6 is 11.6 Å². The molecule has 0 spiro atoms. The van der Waals surface area contributed by atoms with E-state index in [1.54, 1.807) is 6.92 Å². The Kier molecular flexibility index (Phi) is 3.59. The molecule has 1 aromatic rings. The van der Waals surface area contributed by atoms with E-state index in [-0.39, 0.29) is 33.2 Å². The molecule has 0 saturated heterocycles. The van der Waals surface area contributed by atoms with Crippen molar-refractivity contribution < 1.29 is 23.1 Å². The second-order valence-electron chi connectivity index (χ2n) is 4.43. The molecule has 1 unspecified atom stereocenters. The van der Waals surface area contributed by atoms with Crippen molar-refractivity contribution in [3.05, 3.63) is 27.8 Å². The van der Waals surface area contributed by atoms with Crippen LogP contribution in [0, 0.1) is 6.92 Å². The van der Waals surface area contributed by atoms with Crippen molar-refractivity contribution in [2.45, 2.75) is 24.3 Å². The largest absolute Gasteiger partial charge is 0.478 e. The first-order chi connectivity index (χ1) is 8.79. The van der Waals surface area contributed by atoms with Gasteiger partial charge in [0, 0.05) is 12.7 Å². The normalized spacial score (nSPS) is 20.9. The zero-order valence-corrected chi connectivity index (χ0v) is 12.0. The number of sulfone groups is 1. The number of rotatable bonds is 2. The van der Waals surface area contributed by atoms with Gasteiger partial charge >= 0.3 is 5.97 Å². The molecule has 5 nitrogen and oxygen atoms in total. The van der Waals surface area contributed by atoms with Gasteiger partial charge in [0.2, 0.25) is 0 Å². The average molecular weight is 305 g/mol. The molecule has 1 heterocycles. The van der Waals surface area contributed by atoms with Crippen LogP contribution in [0.1, 0.15) is 34.0 Å². The number of hydrogen-bond donors (Lipinski definition) is 1. The maximum Gasteiger partial charge on any atom is 0.337 e. The predicted octanol–water partition coefficient (Wildman–Crippen LogP) is 2.21. The van der Waals surface area contributed by atoms with E-state index in [2.05, 4.69) is 0 Å². The van der Waals surface area contributed by atoms with Crippen LogP contribution in [0.5, 0.6) is 0 Å². The summed E-state index contributed by atoms with van der Waals surface area (Å²) in [5.74, 6) is -1.21. The number of carboxylic acid groups (broad SMARTS) is 1. The van der Waals surface area contributed by atoms with Crippen LogP contribution in [0.15, 0.2) is 11.0 Å². The molecule has 0 aliphatic carbocycles. The summed E-state index contributed by atoms with van der Waals surface area (Å²) in [5, 5.41) is 9.05. The molecule has 104 valence electrons. The first kappa shape index (κ1) is 14.3. The molecule has 2 rings (SSSR count). The quantitative estimate of drug-likeness (QED) is 0.906. The fourth-order valence-corrected chi connectivity index (χ4v) is 4.66. The number of carbonyl (C=O) groups is 1. The lowest BCUT2D eigenvalue weighted by Crippen LogP contribution is -2.23. The van der Waals surface area contributed by atoms with Gasteiger partial charge in [0.05, 0.1) is 27.3 Å². The molecule has 0 amide bonds. The third-order valence-corrected chi connectivity index (χ3v) is 5.58. The summed E-state index contributed by atoms with van der Waals surface area (Å²) in [4.78, 5) is 11.3. The Morgan fingerprint density at radius 2 is 2.16 bits per heavy atom. The highest BCUT2D eigenvalue weighted by Crippen LogP contribution is 2.42. The summed E-state index contributed by atoms with van der Waals surface area (Å²) in [6.45, 7) is 1.57. The van der Waals surface area contributed by atoms with Crippen molar-refractivity contribution in [2.24, 2.45) is 0 Å². The van der Waals surface area contributed by atoms with Gasteiger partial charge in [-0.3, -0.25) is 0 Å². The Balaban J connectivity index is 2.86. The smallest absolute Gasteiger partial charge is 0.337 e. The van der Waals surface area contributed by atoms with Crippen molar-refractivity contribution >= 4 is 27.4 Å². The minimum atomic E-state index is -3.44. The summed E-state index contributed by atoms with van der Waals surface area (Å²) in [5.41, 5.74) is 0.559. The van der Waals surface area contributed by atoms with Gasteiger partial charge in [-0.25, -0.2) is 13.2 Å². The van der Waals surface area contributed by atoms with Gasteiger partial charge in [0.1, 0.15) is 0 Å². The topological polar surface area (TPSA) is 80.7 Å². The Hall–Kier alpha value is -1.11. The second kappa shape index (κ2) is 4.77. The van der Waals surface area contributed by atoms with Gasteiger partial charge in [-0.1, -0.05) is 11.6 Å². The highest BCUT2D eigenvalue weighted by atomic mass is 35.5. The number of methoxy groups -OCH3 is 1. The molecule has 0 saturated carbocycles. The third-order valence-electron chi connectivity index (χ3n) is 3.23. The highest BCUT2D eigenvalue weighted by molar-refractivity contribution is 7.91. The van der Waals surface area contributed by atoms with Crippen LogP contribution in [-0.4, -0.2) is 32.4 Å². The molecule has 1 atom stereocenters. The van der Waals surface area contributed by atoms with Crippen molar-refractivity contribution in [3.63, 3.8) is 0 Å². The molecule has 0 fully saturated rings. The number of aromatic carboxylic acids is 1. The van der Waals surface area contributed by atoms with Gasteiger partial charge < -0.3 is 9.84 Å². The lowest BCUT2D eigenvalue weighted by atomic mass is 10.00. The number of halogens is 1. The van der Waals surface area contributed by atoms with Gasteiger partial charge in [-0.15, -0.1) is 0 Å². The summed E-state index contributed by atoms with van der Waals surface area (Å²) < 4.78 is 29.5. The van der Waals surface area contributed by atoms with Gasteiger partial charge in [-0.05, 0) is 25.0 Å². The van der Waals surface area contributed by atoms with E-state index in [0.29, 0.717) is 5.56 Å². The lowest BCUT2D eigenvalue weighted by Gasteiger charge is -2.27. The summed E-state index contributed by atoms with van der Waals surface area (Å²) in [7, 11) is -1.99. The minimum Gasteiger partial charge on any atom is -0.478 e. The highest BCUT2D eigenvalue weighted by Gasteiger charge is 2.35.